The van der Waals surface area contributed by atoms with Crippen LogP contribution in [0.1, 0.15) is 0 Å². The summed E-state index contributed by atoms with van der Waals surface area (Å²) in [6.07, 6.45) is 0. The van der Waals surface area contributed by atoms with Crippen LogP contribution in [0.5, 0.6) is 11.5 Å². The van der Waals surface area contributed by atoms with Gasteiger partial charge in [0.25, 0.3) is 0 Å². The molecule has 0 aliphatic rings. The van der Waals surface area contributed by atoms with Gasteiger partial charge in [-0.3, -0.25) is 4.79 Å². The van der Waals surface area contributed by atoms with Gasteiger partial charge in [0, 0.05) is 17.3 Å². The summed E-state index contributed by atoms with van der Waals surface area (Å²) < 4.78 is 11.6. The van der Waals surface area contributed by atoms with E-state index in [0.29, 0.717) is 28.2 Å². The maximum Gasteiger partial charge on any atom is 0.193 e. The van der Waals surface area contributed by atoms with Crippen LogP contribution in [0, 0.1) is 0 Å². The number of hydrogen-bond donors (Lipinski definition) is 1. The maximum absolute atomic E-state index is 12.3. The summed E-state index contributed by atoms with van der Waals surface area (Å²) in [7, 11) is 0. The Bertz CT molecular complexity index is 1080. The summed E-state index contributed by atoms with van der Waals surface area (Å²) in [6, 6.07) is 23.5. The molecule has 4 rings (SSSR count). The average molecular weight is 329 g/mol. The molecule has 0 radical (unpaired) electrons. The fourth-order valence-corrected chi connectivity index (χ4v) is 2.63. The van der Waals surface area contributed by atoms with E-state index < -0.39 is 0 Å². The van der Waals surface area contributed by atoms with Gasteiger partial charge in [0.05, 0.1) is 5.39 Å². The van der Waals surface area contributed by atoms with E-state index in [0.717, 1.165) is 11.3 Å². The van der Waals surface area contributed by atoms with Crippen LogP contribution in [0.15, 0.2) is 88.1 Å². The molecule has 1 heterocycles. The summed E-state index contributed by atoms with van der Waals surface area (Å²) >= 11 is 0. The highest BCUT2D eigenvalue weighted by atomic mass is 16.5. The van der Waals surface area contributed by atoms with E-state index in [2.05, 4.69) is 0 Å². The molecule has 0 bridgehead atoms. The Labute approximate surface area is 144 Å². The van der Waals surface area contributed by atoms with Crippen molar-refractivity contribution in [1.82, 2.24) is 0 Å². The largest absolute Gasteiger partial charge is 0.457 e. The van der Waals surface area contributed by atoms with Crippen LogP contribution in [-0.2, 0) is 0 Å². The first-order chi connectivity index (χ1) is 12.2. The van der Waals surface area contributed by atoms with Gasteiger partial charge in [-0.1, -0.05) is 18.2 Å². The van der Waals surface area contributed by atoms with Gasteiger partial charge in [-0.25, -0.2) is 0 Å². The van der Waals surface area contributed by atoms with E-state index in [1.807, 2.05) is 54.6 Å². The monoisotopic (exact) mass is 329 g/mol. The Hall–Kier alpha value is -3.53. The van der Waals surface area contributed by atoms with Crippen LogP contribution >= 0.6 is 0 Å². The molecule has 0 aliphatic carbocycles. The first-order valence-corrected chi connectivity index (χ1v) is 7.86. The normalized spacial score (nSPS) is 10.7. The number of hydrogen-bond acceptors (Lipinski definition) is 4. The molecule has 2 N–H and O–H groups in total. The highest BCUT2D eigenvalue weighted by Gasteiger charge is 2.08. The van der Waals surface area contributed by atoms with Crippen molar-refractivity contribution in [3.8, 4) is 22.8 Å². The van der Waals surface area contributed by atoms with Crippen molar-refractivity contribution in [2.75, 3.05) is 5.73 Å². The van der Waals surface area contributed by atoms with Gasteiger partial charge in [-0.05, 0) is 54.6 Å². The fourth-order valence-electron chi connectivity index (χ4n) is 2.63. The highest BCUT2D eigenvalue weighted by molar-refractivity contribution is 5.81. The van der Waals surface area contributed by atoms with Gasteiger partial charge in [-0.2, -0.15) is 0 Å². The van der Waals surface area contributed by atoms with Crippen molar-refractivity contribution in [3.05, 3.63) is 89.1 Å². The van der Waals surface area contributed by atoms with Gasteiger partial charge in [0.2, 0.25) is 0 Å². The van der Waals surface area contributed by atoms with Crippen LogP contribution < -0.4 is 15.9 Å². The molecule has 0 amide bonds. The lowest BCUT2D eigenvalue weighted by Crippen LogP contribution is -2.01. The number of anilines is 1. The van der Waals surface area contributed by atoms with E-state index in [-0.39, 0.29) is 5.43 Å². The number of rotatable bonds is 3. The second-order valence-corrected chi connectivity index (χ2v) is 5.67. The molecule has 4 nitrogen and oxygen atoms in total. The van der Waals surface area contributed by atoms with Gasteiger partial charge in [-0.15, -0.1) is 0 Å². The lowest BCUT2D eigenvalue weighted by Gasteiger charge is -2.07. The summed E-state index contributed by atoms with van der Waals surface area (Å²) in [6.45, 7) is 0. The summed E-state index contributed by atoms with van der Waals surface area (Å²) in [4.78, 5) is 12.3. The Balaban J connectivity index is 1.67. The molecule has 4 aromatic rings. The lowest BCUT2D eigenvalue weighted by atomic mass is 10.1. The summed E-state index contributed by atoms with van der Waals surface area (Å²) in [5, 5.41) is 0.479. The minimum Gasteiger partial charge on any atom is -0.457 e. The van der Waals surface area contributed by atoms with Crippen molar-refractivity contribution in [1.29, 1.82) is 0 Å². The molecule has 0 fully saturated rings. The third kappa shape index (κ3) is 3.10. The minimum absolute atomic E-state index is 0.117. The van der Waals surface area contributed by atoms with Gasteiger partial charge in [0.15, 0.2) is 5.43 Å². The molecular weight excluding hydrogens is 314 g/mol. The number of para-hydroxylation sites is 1. The topological polar surface area (TPSA) is 65.5 Å². The second-order valence-electron chi connectivity index (χ2n) is 5.67. The maximum atomic E-state index is 12.3. The third-order valence-corrected chi connectivity index (χ3v) is 3.87. The molecule has 3 aromatic carbocycles. The molecular formula is C21H15NO3. The molecule has 25 heavy (non-hydrogen) atoms. The Kier molecular flexibility index (Phi) is 3.71. The lowest BCUT2D eigenvalue weighted by molar-refractivity contribution is 0.482. The van der Waals surface area contributed by atoms with Crippen LogP contribution in [-0.4, -0.2) is 0 Å². The number of ether oxygens (including phenoxy) is 1. The number of nitrogens with two attached hydrogens (primary N) is 1. The van der Waals surface area contributed by atoms with Crippen LogP contribution in [0.2, 0.25) is 0 Å². The summed E-state index contributed by atoms with van der Waals surface area (Å²) in [5.74, 6) is 1.99. The molecule has 1 aromatic heterocycles. The Morgan fingerprint density at radius 1 is 0.800 bits per heavy atom. The molecule has 0 aliphatic heterocycles. The first kappa shape index (κ1) is 15.0. The molecule has 4 heteroatoms. The van der Waals surface area contributed by atoms with E-state index in [1.165, 1.54) is 6.07 Å². The zero-order chi connectivity index (χ0) is 17.2. The van der Waals surface area contributed by atoms with Crippen LogP contribution in [0.25, 0.3) is 22.3 Å². The van der Waals surface area contributed by atoms with Crippen molar-refractivity contribution in [2.24, 2.45) is 0 Å². The fraction of sp³-hybridized carbons (Fsp3) is 0. The van der Waals surface area contributed by atoms with E-state index in [1.54, 1.807) is 18.2 Å². The van der Waals surface area contributed by atoms with E-state index in [9.17, 15) is 4.79 Å². The smallest absolute Gasteiger partial charge is 0.193 e. The second kappa shape index (κ2) is 6.17. The Morgan fingerprint density at radius 2 is 1.52 bits per heavy atom. The van der Waals surface area contributed by atoms with Crippen molar-refractivity contribution in [3.63, 3.8) is 0 Å². The number of benzene rings is 3. The summed E-state index contributed by atoms with van der Waals surface area (Å²) in [5.41, 5.74) is 7.46. The van der Waals surface area contributed by atoms with E-state index in [4.69, 9.17) is 14.9 Å². The molecule has 0 saturated heterocycles. The molecule has 0 unspecified atom stereocenters. The number of fused-ring (bicyclic) bond motifs is 1. The van der Waals surface area contributed by atoms with Crippen LogP contribution in [0.3, 0.4) is 0 Å². The number of nitrogen functional groups attached to an aromatic ring is 1. The predicted octanol–water partition coefficient (Wildman–Crippen LogP) is 4.83. The quantitative estimate of drug-likeness (QED) is 0.546. The molecule has 0 spiro atoms. The first-order valence-electron chi connectivity index (χ1n) is 7.86. The minimum atomic E-state index is -0.117. The van der Waals surface area contributed by atoms with Crippen LogP contribution in [0.4, 0.5) is 5.69 Å². The molecule has 0 saturated carbocycles. The third-order valence-electron chi connectivity index (χ3n) is 3.87. The zero-order valence-electron chi connectivity index (χ0n) is 13.3. The Morgan fingerprint density at radius 3 is 2.28 bits per heavy atom. The zero-order valence-corrected chi connectivity index (χ0v) is 13.3. The van der Waals surface area contributed by atoms with Crippen molar-refractivity contribution >= 4 is 16.7 Å². The van der Waals surface area contributed by atoms with E-state index >= 15 is 0 Å². The SMILES string of the molecule is Nc1ccc2oc(-c3ccc(Oc4ccccc4)cc3)cc(=O)c2c1. The van der Waals surface area contributed by atoms with Gasteiger partial charge >= 0.3 is 0 Å². The van der Waals surface area contributed by atoms with Gasteiger partial charge in [0.1, 0.15) is 22.8 Å². The average Bonchev–Trinajstić information content (AvgIpc) is 2.64. The predicted molar refractivity (Wildman–Crippen MR) is 98.8 cm³/mol. The molecule has 122 valence electrons. The molecule has 0 atom stereocenters. The van der Waals surface area contributed by atoms with Crippen molar-refractivity contribution in [2.45, 2.75) is 0 Å². The van der Waals surface area contributed by atoms with Gasteiger partial charge < -0.3 is 14.9 Å². The highest BCUT2D eigenvalue weighted by Crippen LogP contribution is 2.27. The standard InChI is InChI=1S/C21H15NO3/c22-15-8-11-20-18(12-15)19(23)13-21(25-20)14-6-9-17(10-7-14)24-16-4-2-1-3-5-16/h1-13H,22H2. The van der Waals surface area contributed by atoms with Crippen molar-refractivity contribution < 1.29 is 9.15 Å².